The summed E-state index contributed by atoms with van der Waals surface area (Å²) in [7, 11) is 0. The Balaban J connectivity index is 1.58. The van der Waals surface area contributed by atoms with Crippen LogP contribution in [0.3, 0.4) is 0 Å². The van der Waals surface area contributed by atoms with Gasteiger partial charge in [-0.05, 0) is 38.1 Å². The van der Waals surface area contributed by atoms with Crippen molar-refractivity contribution in [2.75, 3.05) is 6.54 Å². The fraction of sp³-hybridized carbons (Fsp3) is 0.235. The molecule has 24 heavy (non-hydrogen) atoms. The van der Waals surface area contributed by atoms with Crippen molar-refractivity contribution in [1.82, 2.24) is 20.1 Å². The number of amides is 1. The van der Waals surface area contributed by atoms with Crippen LogP contribution in [-0.2, 0) is 6.42 Å². The Kier molecular flexibility index (Phi) is 4.97. The highest BCUT2D eigenvalue weighted by atomic mass is 35.5. The first-order chi connectivity index (χ1) is 11.5. The summed E-state index contributed by atoms with van der Waals surface area (Å²) < 4.78 is 1.84. The van der Waals surface area contributed by atoms with Gasteiger partial charge in [0.05, 0.1) is 11.4 Å². The van der Waals surface area contributed by atoms with Crippen molar-refractivity contribution >= 4 is 28.8 Å². The Morgan fingerprint density at radius 3 is 2.88 bits per heavy atom. The van der Waals surface area contributed by atoms with Gasteiger partial charge in [0, 0.05) is 34.6 Å². The standard InChI is InChI=1S/C17H17ClN4OS/c1-11-8-12(2)22(21-11)17-20-15(10-24-17)6-7-19-16(23)13-4-3-5-14(18)9-13/h3-5,8-10H,6-7H2,1-2H3,(H,19,23). The fourth-order valence-electron chi connectivity index (χ4n) is 2.37. The Bertz CT molecular complexity index is 871. The van der Waals surface area contributed by atoms with Crippen LogP contribution >= 0.6 is 22.9 Å². The van der Waals surface area contributed by atoms with Crippen molar-refractivity contribution in [3.63, 3.8) is 0 Å². The number of thiazole rings is 1. The maximum Gasteiger partial charge on any atom is 0.251 e. The number of nitrogens with zero attached hydrogens (tertiary/aromatic N) is 3. The molecule has 7 heteroatoms. The summed E-state index contributed by atoms with van der Waals surface area (Å²) in [5.41, 5.74) is 3.53. The SMILES string of the molecule is Cc1cc(C)n(-c2nc(CCNC(=O)c3cccc(Cl)c3)cs2)n1. The second-order valence-corrected chi connectivity index (χ2v) is 6.75. The van der Waals surface area contributed by atoms with Gasteiger partial charge in [0.2, 0.25) is 5.13 Å². The summed E-state index contributed by atoms with van der Waals surface area (Å²) in [6.45, 7) is 4.49. The highest BCUT2D eigenvalue weighted by Gasteiger charge is 2.09. The van der Waals surface area contributed by atoms with Gasteiger partial charge in [-0.15, -0.1) is 11.3 Å². The number of hydrogen-bond acceptors (Lipinski definition) is 4. The highest BCUT2D eigenvalue weighted by molar-refractivity contribution is 7.12. The molecule has 1 aromatic carbocycles. The molecule has 0 radical (unpaired) electrons. The van der Waals surface area contributed by atoms with Crippen molar-refractivity contribution in [2.24, 2.45) is 0 Å². The van der Waals surface area contributed by atoms with Gasteiger partial charge in [0.1, 0.15) is 0 Å². The fourth-order valence-corrected chi connectivity index (χ4v) is 3.42. The van der Waals surface area contributed by atoms with Gasteiger partial charge < -0.3 is 5.32 Å². The van der Waals surface area contributed by atoms with Gasteiger partial charge in [0.25, 0.3) is 5.91 Å². The Morgan fingerprint density at radius 2 is 2.17 bits per heavy atom. The molecule has 1 N–H and O–H groups in total. The number of benzene rings is 1. The molecular weight excluding hydrogens is 344 g/mol. The highest BCUT2D eigenvalue weighted by Crippen LogP contribution is 2.17. The first-order valence-corrected chi connectivity index (χ1v) is 8.80. The molecule has 2 heterocycles. The van der Waals surface area contributed by atoms with E-state index in [1.807, 2.05) is 30.0 Å². The van der Waals surface area contributed by atoms with Gasteiger partial charge >= 0.3 is 0 Å². The van der Waals surface area contributed by atoms with Crippen molar-refractivity contribution in [3.8, 4) is 5.13 Å². The minimum Gasteiger partial charge on any atom is -0.352 e. The number of aromatic nitrogens is 3. The zero-order chi connectivity index (χ0) is 17.1. The molecule has 3 aromatic rings. The minimum atomic E-state index is -0.133. The molecule has 0 saturated carbocycles. The molecule has 0 unspecified atom stereocenters. The summed E-state index contributed by atoms with van der Waals surface area (Å²) in [6.07, 6.45) is 0.669. The first-order valence-electron chi connectivity index (χ1n) is 7.55. The van der Waals surface area contributed by atoms with Crippen LogP contribution in [0.4, 0.5) is 0 Å². The van der Waals surface area contributed by atoms with Gasteiger partial charge in [-0.25, -0.2) is 9.67 Å². The zero-order valence-corrected chi connectivity index (χ0v) is 15.0. The van der Waals surface area contributed by atoms with E-state index in [9.17, 15) is 4.79 Å². The molecule has 0 aliphatic carbocycles. The average Bonchev–Trinajstić information content (AvgIpc) is 3.13. The summed E-state index contributed by atoms with van der Waals surface area (Å²) in [5, 5.41) is 10.7. The maximum atomic E-state index is 12.1. The molecular formula is C17H17ClN4OS. The average molecular weight is 361 g/mol. The van der Waals surface area contributed by atoms with E-state index in [0.717, 1.165) is 22.2 Å². The Labute approximate surface area is 149 Å². The number of hydrogen-bond donors (Lipinski definition) is 1. The summed E-state index contributed by atoms with van der Waals surface area (Å²) in [5.74, 6) is -0.133. The predicted octanol–water partition coefficient (Wildman–Crippen LogP) is 3.57. The van der Waals surface area contributed by atoms with Crippen molar-refractivity contribution in [2.45, 2.75) is 20.3 Å². The lowest BCUT2D eigenvalue weighted by Gasteiger charge is -2.04. The third-order valence-corrected chi connectivity index (χ3v) is 4.58. The van der Waals surface area contributed by atoms with Gasteiger partial charge in [-0.3, -0.25) is 4.79 Å². The van der Waals surface area contributed by atoms with E-state index in [1.165, 1.54) is 0 Å². The molecule has 0 bridgehead atoms. The first kappa shape index (κ1) is 16.7. The van der Waals surface area contributed by atoms with Crippen LogP contribution < -0.4 is 5.32 Å². The van der Waals surface area contributed by atoms with Crippen LogP contribution in [-0.4, -0.2) is 27.2 Å². The number of carbonyl (C=O) groups is 1. The van der Waals surface area contributed by atoms with E-state index in [4.69, 9.17) is 11.6 Å². The summed E-state index contributed by atoms with van der Waals surface area (Å²) in [6, 6.07) is 8.92. The summed E-state index contributed by atoms with van der Waals surface area (Å²) in [4.78, 5) is 16.6. The molecule has 0 spiro atoms. The topological polar surface area (TPSA) is 59.8 Å². The molecule has 0 fully saturated rings. The van der Waals surface area contributed by atoms with Crippen LogP contribution in [0, 0.1) is 13.8 Å². The Hall–Kier alpha value is -2.18. The van der Waals surface area contributed by atoms with Crippen LogP contribution in [0.25, 0.3) is 5.13 Å². The second-order valence-electron chi connectivity index (χ2n) is 5.48. The molecule has 3 rings (SSSR count). The van der Waals surface area contributed by atoms with E-state index < -0.39 is 0 Å². The van der Waals surface area contributed by atoms with Crippen LogP contribution in [0.5, 0.6) is 0 Å². The second kappa shape index (κ2) is 7.15. The van der Waals surface area contributed by atoms with Crippen LogP contribution in [0.15, 0.2) is 35.7 Å². The van der Waals surface area contributed by atoms with Crippen molar-refractivity contribution in [1.29, 1.82) is 0 Å². The number of aryl methyl sites for hydroxylation is 2. The minimum absolute atomic E-state index is 0.133. The third kappa shape index (κ3) is 3.83. The van der Waals surface area contributed by atoms with Crippen molar-refractivity contribution < 1.29 is 4.79 Å². The summed E-state index contributed by atoms with van der Waals surface area (Å²) >= 11 is 7.44. The lowest BCUT2D eigenvalue weighted by molar-refractivity contribution is 0.0954. The molecule has 0 atom stereocenters. The lowest BCUT2D eigenvalue weighted by Crippen LogP contribution is -2.25. The van der Waals surface area contributed by atoms with Gasteiger partial charge in [-0.1, -0.05) is 17.7 Å². The Morgan fingerprint density at radius 1 is 1.33 bits per heavy atom. The number of rotatable bonds is 5. The quantitative estimate of drug-likeness (QED) is 0.756. The zero-order valence-electron chi connectivity index (χ0n) is 13.4. The van der Waals surface area contributed by atoms with E-state index in [-0.39, 0.29) is 5.91 Å². The molecule has 0 aliphatic heterocycles. The number of nitrogens with one attached hydrogen (secondary N) is 1. The third-order valence-electron chi connectivity index (χ3n) is 3.48. The van der Waals surface area contributed by atoms with Crippen molar-refractivity contribution in [3.05, 3.63) is 63.4 Å². The van der Waals surface area contributed by atoms with Crippen LogP contribution in [0.2, 0.25) is 5.02 Å². The lowest BCUT2D eigenvalue weighted by atomic mass is 10.2. The molecule has 0 saturated heterocycles. The monoisotopic (exact) mass is 360 g/mol. The van der Waals surface area contributed by atoms with Gasteiger partial charge in [0.15, 0.2) is 0 Å². The normalized spacial score (nSPS) is 10.8. The predicted molar refractivity (Wildman–Crippen MR) is 96.2 cm³/mol. The van der Waals surface area contributed by atoms with E-state index in [0.29, 0.717) is 23.6 Å². The molecule has 124 valence electrons. The van der Waals surface area contributed by atoms with E-state index >= 15 is 0 Å². The smallest absolute Gasteiger partial charge is 0.251 e. The molecule has 0 aliphatic rings. The van der Waals surface area contributed by atoms with Gasteiger partial charge in [-0.2, -0.15) is 5.10 Å². The molecule has 2 aromatic heterocycles. The number of halogens is 1. The van der Waals surface area contributed by atoms with E-state index in [2.05, 4.69) is 15.4 Å². The van der Waals surface area contributed by atoms with E-state index in [1.54, 1.807) is 35.6 Å². The number of carbonyl (C=O) groups excluding carboxylic acids is 1. The molecule has 5 nitrogen and oxygen atoms in total. The van der Waals surface area contributed by atoms with Crippen LogP contribution in [0.1, 0.15) is 27.4 Å². The molecule has 1 amide bonds. The maximum absolute atomic E-state index is 12.1. The largest absolute Gasteiger partial charge is 0.352 e.